The Morgan fingerprint density at radius 2 is 1.82 bits per heavy atom. The second-order valence-corrected chi connectivity index (χ2v) is 3.24. The summed E-state index contributed by atoms with van der Waals surface area (Å²) >= 11 is 5.62. The van der Waals surface area contributed by atoms with Crippen molar-refractivity contribution in [2.45, 2.75) is 0 Å². The molecule has 5 nitrogen and oxygen atoms in total. The zero-order valence-electron chi connectivity index (χ0n) is 8.72. The minimum Gasteiger partial charge on any atom is -0.467 e. The molecule has 0 unspecified atom stereocenters. The summed E-state index contributed by atoms with van der Waals surface area (Å²) in [6, 6.07) is 5.74. The molecule has 2 rings (SSSR count). The first-order valence-electron chi connectivity index (χ1n) is 4.57. The lowest BCUT2D eigenvalue weighted by atomic mass is 10.3. The van der Waals surface area contributed by atoms with E-state index in [1.165, 1.54) is 19.2 Å². The minimum atomic E-state index is -0.525. The molecule has 0 aliphatic carbocycles. The zero-order valence-corrected chi connectivity index (χ0v) is 9.48. The Kier molecular flexibility index (Phi) is 3.34. The highest BCUT2D eigenvalue weighted by molar-refractivity contribution is 6.28. The van der Waals surface area contributed by atoms with Crippen LogP contribution in [0.25, 0.3) is 0 Å². The topological polar surface area (TPSA) is 57.1 Å². The standard InChI is InChI=1S/C10H7ClFN3O2/c1-16-9-13-8(11)14-10(15-9)17-7-5-3-2-4-6(7)12/h2-5H,1H3. The van der Waals surface area contributed by atoms with Gasteiger partial charge in [0.05, 0.1) is 7.11 Å². The molecule has 0 radical (unpaired) electrons. The van der Waals surface area contributed by atoms with Crippen molar-refractivity contribution in [2.75, 3.05) is 7.11 Å². The van der Waals surface area contributed by atoms with Crippen LogP contribution in [0.3, 0.4) is 0 Å². The van der Waals surface area contributed by atoms with E-state index in [-0.39, 0.29) is 23.1 Å². The van der Waals surface area contributed by atoms with Crippen LogP contribution in [0, 0.1) is 5.82 Å². The fourth-order valence-electron chi connectivity index (χ4n) is 1.08. The predicted octanol–water partition coefficient (Wildman–Crippen LogP) is 2.46. The van der Waals surface area contributed by atoms with E-state index in [0.717, 1.165) is 0 Å². The van der Waals surface area contributed by atoms with E-state index in [1.54, 1.807) is 12.1 Å². The Balaban J connectivity index is 2.30. The molecule has 1 aromatic carbocycles. The average molecular weight is 256 g/mol. The van der Waals surface area contributed by atoms with Crippen molar-refractivity contribution < 1.29 is 13.9 Å². The number of halogens is 2. The zero-order chi connectivity index (χ0) is 12.3. The molecule has 0 amide bonds. The number of nitrogens with zero attached hydrogens (tertiary/aromatic N) is 3. The first kappa shape index (κ1) is 11.5. The molecule has 0 aliphatic heterocycles. The number of benzene rings is 1. The predicted molar refractivity (Wildman–Crippen MR) is 57.9 cm³/mol. The summed E-state index contributed by atoms with van der Waals surface area (Å²) in [6.45, 7) is 0. The van der Waals surface area contributed by atoms with Gasteiger partial charge in [-0.15, -0.1) is 4.98 Å². The van der Waals surface area contributed by atoms with E-state index < -0.39 is 5.82 Å². The van der Waals surface area contributed by atoms with Crippen LogP contribution in [-0.2, 0) is 0 Å². The Morgan fingerprint density at radius 3 is 2.53 bits per heavy atom. The lowest BCUT2D eigenvalue weighted by Gasteiger charge is -2.05. The third-order valence-electron chi connectivity index (χ3n) is 1.79. The van der Waals surface area contributed by atoms with Gasteiger partial charge in [0.1, 0.15) is 0 Å². The van der Waals surface area contributed by atoms with E-state index in [1.807, 2.05) is 0 Å². The second kappa shape index (κ2) is 4.92. The fraction of sp³-hybridized carbons (Fsp3) is 0.100. The van der Waals surface area contributed by atoms with E-state index in [4.69, 9.17) is 21.1 Å². The van der Waals surface area contributed by atoms with Gasteiger partial charge in [0.25, 0.3) is 0 Å². The van der Waals surface area contributed by atoms with Crippen molar-refractivity contribution in [3.63, 3.8) is 0 Å². The monoisotopic (exact) mass is 255 g/mol. The number of para-hydroxylation sites is 1. The number of hydrogen-bond donors (Lipinski definition) is 0. The van der Waals surface area contributed by atoms with Gasteiger partial charge in [-0.1, -0.05) is 12.1 Å². The molecule has 0 spiro atoms. The Morgan fingerprint density at radius 1 is 1.12 bits per heavy atom. The average Bonchev–Trinajstić information content (AvgIpc) is 2.31. The summed E-state index contributed by atoms with van der Waals surface area (Å²) in [5, 5.41) is -0.0943. The van der Waals surface area contributed by atoms with Gasteiger partial charge in [-0.2, -0.15) is 9.97 Å². The lowest BCUT2D eigenvalue weighted by Crippen LogP contribution is -1.99. The Bertz CT molecular complexity index is 539. The maximum absolute atomic E-state index is 13.3. The van der Waals surface area contributed by atoms with Crippen molar-refractivity contribution in [1.29, 1.82) is 0 Å². The van der Waals surface area contributed by atoms with Crippen LogP contribution in [0.2, 0.25) is 5.28 Å². The van der Waals surface area contributed by atoms with Gasteiger partial charge >= 0.3 is 12.0 Å². The molecule has 0 saturated carbocycles. The van der Waals surface area contributed by atoms with Crippen LogP contribution in [-0.4, -0.2) is 22.1 Å². The summed E-state index contributed by atoms with van der Waals surface area (Å²) in [4.78, 5) is 11.1. The lowest BCUT2D eigenvalue weighted by molar-refractivity contribution is 0.354. The van der Waals surface area contributed by atoms with Gasteiger partial charge in [0.15, 0.2) is 11.6 Å². The quantitative estimate of drug-likeness (QED) is 0.843. The van der Waals surface area contributed by atoms with E-state index >= 15 is 0 Å². The van der Waals surface area contributed by atoms with E-state index in [2.05, 4.69) is 15.0 Å². The van der Waals surface area contributed by atoms with E-state index in [0.29, 0.717) is 0 Å². The summed E-state index contributed by atoms with van der Waals surface area (Å²) in [5.74, 6) is -0.528. The molecule has 2 aromatic rings. The maximum Gasteiger partial charge on any atom is 0.329 e. The van der Waals surface area contributed by atoms with Crippen LogP contribution < -0.4 is 9.47 Å². The third-order valence-corrected chi connectivity index (χ3v) is 1.96. The van der Waals surface area contributed by atoms with Gasteiger partial charge < -0.3 is 9.47 Å². The molecule has 0 atom stereocenters. The Hall–Kier alpha value is -1.95. The molecule has 0 N–H and O–H groups in total. The number of hydrogen-bond acceptors (Lipinski definition) is 5. The molecular formula is C10H7ClFN3O2. The van der Waals surface area contributed by atoms with Crippen molar-refractivity contribution in [3.8, 4) is 17.8 Å². The number of aromatic nitrogens is 3. The highest BCUT2D eigenvalue weighted by Crippen LogP contribution is 2.22. The number of methoxy groups -OCH3 is 1. The van der Waals surface area contributed by atoms with Crippen LogP contribution in [0.4, 0.5) is 4.39 Å². The molecule has 17 heavy (non-hydrogen) atoms. The van der Waals surface area contributed by atoms with Crippen molar-refractivity contribution in [1.82, 2.24) is 15.0 Å². The molecule has 88 valence electrons. The van der Waals surface area contributed by atoms with Crippen LogP contribution in [0.5, 0.6) is 17.8 Å². The largest absolute Gasteiger partial charge is 0.467 e. The third kappa shape index (κ3) is 2.79. The second-order valence-electron chi connectivity index (χ2n) is 2.91. The SMILES string of the molecule is COc1nc(Cl)nc(Oc2ccccc2F)n1. The molecule has 0 bridgehead atoms. The molecular weight excluding hydrogens is 249 g/mol. The van der Waals surface area contributed by atoms with Gasteiger partial charge in [-0.3, -0.25) is 0 Å². The molecule has 1 aromatic heterocycles. The van der Waals surface area contributed by atoms with Gasteiger partial charge in [-0.05, 0) is 23.7 Å². The molecule has 0 saturated heterocycles. The summed E-state index contributed by atoms with van der Waals surface area (Å²) in [5.41, 5.74) is 0. The number of rotatable bonds is 3. The van der Waals surface area contributed by atoms with Crippen molar-refractivity contribution >= 4 is 11.6 Å². The first-order valence-corrected chi connectivity index (χ1v) is 4.95. The minimum absolute atomic E-state index is 0.00294. The first-order chi connectivity index (χ1) is 8.19. The van der Waals surface area contributed by atoms with Gasteiger partial charge in [-0.25, -0.2) is 4.39 Å². The van der Waals surface area contributed by atoms with Crippen LogP contribution >= 0.6 is 11.6 Å². The van der Waals surface area contributed by atoms with Gasteiger partial charge in [0.2, 0.25) is 5.28 Å². The normalized spacial score (nSPS) is 10.1. The molecule has 0 fully saturated rings. The molecule has 1 heterocycles. The fourth-order valence-corrected chi connectivity index (χ4v) is 1.22. The van der Waals surface area contributed by atoms with Gasteiger partial charge in [0, 0.05) is 0 Å². The van der Waals surface area contributed by atoms with Crippen molar-refractivity contribution in [2.24, 2.45) is 0 Å². The summed E-state index contributed by atoms with van der Waals surface area (Å²) < 4.78 is 23.2. The van der Waals surface area contributed by atoms with Crippen molar-refractivity contribution in [3.05, 3.63) is 35.4 Å². The van der Waals surface area contributed by atoms with Crippen LogP contribution in [0.15, 0.2) is 24.3 Å². The maximum atomic E-state index is 13.3. The van der Waals surface area contributed by atoms with Crippen LogP contribution in [0.1, 0.15) is 0 Å². The number of ether oxygens (including phenoxy) is 2. The summed E-state index contributed by atoms with van der Waals surface area (Å²) in [6.07, 6.45) is 0. The van der Waals surface area contributed by atoms with E-state index in [9.17, 15) is 4.39 Å². The summed E-state index contributed by atoms with van der Waals surface area (Å²) in [7, 11) is 1.37. The molecule has 7 heteroatoms. The smallest absolute Gasteiger partial charge is 0.329 e. The molecule has 0 aliphatic rings. The highest BCUT2D eigenvalue weighted by atomic mass is 35.5. The Labute approximate surface area is 101 Å². The highest BCUT2D eigenvalue weighted by Gasteiger charge is 2.09.